The smallest absolute Gasteiger partial charge is 0.250 e. The van der Waals surface area contributed by atoms with Crippen molar-refractivity contribution in [1.29, 1.82) is 0 Å². The molecule has 0 spiro atoms. The summed E-state index contributed by atoms with van der Waals surface area (Å²) in [6.07, 6.45) is 5.73. The lowest BCUT2D eigenvalue weighted by Gasteiger charge is -2.34. The molecule has 2 amide bonds. The normalized spacial score (nSPS) is 18.0. The third-order valence-corrected chi connectivity index (χ3v) is 5.63. The predicted octanol–water partition coefficient (Wildman–Crippen LogP) is 2.89. The number of aromatic nitrogens is 3. The summed E-state index contributed by atoms with van der Waals surface area (Å²) < 4.78 is 1.80. The van der Waals surface area contributed by atoms with Crippen molar-refractivity contribution in [2.75, 3.05) is 13.1 Å². The average Bonchev–Trinajstić information content (AvgIpc) is 3.28. The zero-order valence-electron chi connectivity index (χ0n) is 16.5. The molecule has 1 aliphatic heterocycles. The lowest BCUT2D eigenvalue weighted by atomic mass is 9.90. The van der Waals surface area contributed by atoms with E-state index >= 15 is 0 Å². The lowest BCUT2D eigenvalue weighted by Crippen LogP contribution is -2.40. The fraction of sp³-hybridized carbons (Fsp3) is 0.364. The maximum absolute atomic E-state index is 12.9. The lowest BCUT2D eigenvalue weighted by molar-refractivity contribution is -0.133. The van der Waals surface area contributed by atoms with Gasteiger partial charge in [-0.25, -0.2) is 0 Å². The number of carbonyl (C=O) groups excluding carboxylic acids is 2. The number of amides is 2. The van der Waals surface area contributed by atoms with Crippen LogP contribution in [0.1, 0.15) is 54.2 Å². The minimum absolute atomic E-state index is 0.000171. The third-order valence-electron chi connectivity index (χ3n) is 5.63. The van der Waals surface area contributed by atoms with E-state index in [1.165, 1.54) is 0 Å². The van der Waals surface area contributed by atoms with E-state index in [-0.39, 0.29) is 17.9 Å². The molecule has 1 saturated heterocycles. The minimum Gasteiger partial charge on any atom is -0.366 e. The van der Waals surface area contributed by atoms with Crippen molar-refractivity contribution in [1.82, 2.24) is 19.7 Å². The molecule has 4 rings (SSSR count). The number of benzene rings is 1. The van der Waals surface area contributed by atoms with Crippen LogP contribution in [-0.4, -0.2) is 44.6 Å². The fourth-order valence-electron chi connectivity index (χ4n) is 4.08. The van der Waals surface area contributed by atoms with Crippen molar-refractivity contribution in [3.63, 3.8) is 0 Å². The highest BCUT2D eigenvalue weighted by atomic mass is 16.2. The Kier molecular flexibility index (Phi) is 5.29. The molecule has 0 bridgehead atoms. The first-order valence-electron chi connectivity index (χ1n) is 9.99. The van der Waals surface area contributed by atoms with Crippen LogP contribution in [0.25, 0.3) is 10.9 Å². The highest BCUT2D eigenvalue weighted by Crippen LogP contribution is 2.30. The van der Waals surface area contributed by atoms with Crippen molar-refractivity contribution >= 4 is 22.7 Å². The number of nitrogens with two attached hydrogens (primary N) is 1. The zero-order valence-corrected chi connectivity index (χ0v) is 16.5. The van der Waals surface area contributed by atoms with Gasteiger partial charge in [-0.1, -0.05) is 18.2 Å². The summed E-state index contributed by atoms with van der Waals surface area (Å²) in [5, 5.41) is 5.11. The first-order valence-corrected chi connectivity index (χ1v) is 9.99. The van der Waals surface area contributed by atoms with Crippen molar-refractivity contribution in [2.24, 2.45) is 5.73 Å². The van der Waals surface area contributed by atoms with Crippen LogP contribution < -0.4 is 5.73 Å². The molecule has 2 aromatic heterocycles. The number of hydrogen-bond acceptors (Lipinski definition) is 4. The highest BCUT2D eigenvalue weighted by Gasteiger charge is 2.29. The van der Waals surface area contributed by atoms with Crippen molar-refractivity contribution in [3.8, 4) is 0 Å². The first kappa shape index (κ1) is 19.1. The molecule has 3 aromatic rings. The molecule has 2 N–H and O–H groups in total. The number of para-hydroxylation sites is 1. The maximum Gasteiger partial charge on any atom is 0.250 e. The standard InChI is InChI=1S/C22H25N5O2/c1-15(27-11-5-9-24-27)12-20(28)26-10-4-7-17(14-26)21-18(22(23)29)13-16-6-2-3-8-19(16)25-21/h2-3,5-6,8-9,11,13,15,17H,4,7,10,12,14H2,1H3,(H2,23,29). The zero-order chi connectivity index (χ0) is 20.4. The predicted molar refractivity (Wildman–Crippen MR) is 110 cm³/mol. The van der Waals surface area contributed by atoms with E-state index in [9.17, 15) is 9.59 Å². The molecule has 1 fully saturated rings. The molecule has 7 nitrogen and oxygen atoms in total. The van der Waals surface area contributed by atoms with Crippen molar-refractivity contribution in [3.05, 3.63) is 60.0 Å². The van der Waals surface area contributed by atoms with E-state index in [1.807, 2.05) is 54.4 Å². The van der Waals surface area contributed by atoms with Gasteiger partial charge in [-0.15, -0.1) is 0 Å². The Labute approximate surface area is 169 Å². The molecular formula is C22H25N5O2. The molecule has 0 radical (unpaired) electrons. The van der Waals surface area contributed by atoms with Gasteiger partial charge in [-0.3, -0.25) is 19.3 Å². The van der Waals surface area contributed by atoms with Crippen molar-refractivity contribution in [2.45, 2.75) is 38.1 Å². The molecule has 2 atom stereocenters. The average molecular weight is 391 g/mol. The van der Waals surface area contributed by atoms with Crippen LogP contribution in [0.3, 0.4) is 0 Å². The third kappa shape index (κ3) is 3.99. The molecular weight excluding hydrogens is 366 g/mol. The number of piperidine rings is 1. The van der Waals surface area contributed by atoms with Crippen LogP contribution in [0.4, 0.5) is 0 Å². The highest BCUT2D eigenvalue weighted by molar-refractivity contribution is 5.97. The van der Waals surface area contributed by atoms with E-state index in [4.69, 9.17) is 10.7 Å². The van der Waals surface area contributed by atoms with Gasteiger partial charge >= 0.3 is 0 Å². The SMILES string of the molecule is CC(CC(=O)N1CCCC(c2nc3ccccc3cc2C(N)=O)C1)n1cccn1. The second-order valence-electron chi connectivity index (χ2n) is 7.70. The van der Waals surface area contributed by atoms with Gasteiger partial charge in [0.2, 0.25) is 5.91 Å². The van der Waals surface area contributed by atoms with E-state index in [1.54, 1.807) is 10.9 Å². The largest absolute Gasteiger partial charge is 0.366 e. The molecule has 2 unspecified atom stereocenters. The number of likely N-dealkylation sites (tertiary alicyclic amines) is 1. The van der Waals surface area contributed by atoms with Gasteiger partial charge in [0, 0.05) is 43.2 Å². The summed E-state index contributed by atoms with van der Waals surface area (Å²) in [5.74, 6) is -0.382. The van der Waals surface area contributed by atoms with Crippen LogP contribution in [-0.2, 0) is 4.79 Å². The van der Waals surface area contributed by atoms with Gasteiger partial charge in [0.25, 0.3) is 5.91 Å². The van der Waals surface area contributed by atoms with Crippen LogP contribution >= 0.6 is 0 Å². The second kappa shape index (κ2) is 8.03. The molecule has 7 heteroatoms. The first-order chi connectivity index (χ1) is 14.0. The van der Waals surface area contributed by atoms with Gasteiger partial charge in [-0.2, -0.15) is 5.10 Å². The number of fused-ring (bicyclic) bond motifs is 1. The molecule has 1 aromatic carbocycles. The summed E-state index contributed by atoms with van der Waals surface area (Å²) >= 11 is 0. The number of primary amides is 1. The number of pyridine rings is 1. The maximum atomic E-state index is 12.9. The van der Waals surface area contributed by atoms with E-state index in [0.29, 0.717) is 24.2 Å². The quantitative estimate of drug-likeness (QED) is 0.723. The Morgan fingerprint density at radius 1 is 1.28 bits per heavy atom. The van der Waals surface area contributed by atoms with Crippen LogP contribution in [0, 0.1) is 0 Å². The topological polar surface area (TPSA) is 94.1 Å². The Morgan fingerprint density at radius 2 is 2.10 bits per heavy atom. The fourth-order valence-corrected chi connectivity index (χ4v) is 4.08. The van der Waals surface area contributed by atoms with Gasteiger partial charge in [0.1, 0.15) is 0 Å². The van der Waals surface area contributed by atoms with E-state index < -0.39 is 5.91 Å². The van der Waals surface area contributed by atoms with Crippen LogP contribution in [0.15, 0.2) is 48.8 Å². The van der Waals surface area contributed by atoms with Gasteiger partial charge in [0.15, 0.2) is 0 Å². The van der Waals surface area contributed by atoms with Crippen LogP contribution in [0.5, 0.6) is 0 Å². The second-order valence-corrected chi connectivity index (χ2v) is 7.70. The molecule has 29 heavy (non-hydrogen) atoms. The Hall–Kier alpha value is -3.22. The Morgan fingerprint density at radius 3 is 2.86 bits per heavy atom. The van der Waals surface area contributed by atoms with E-state index in [0.717, 1.165) is 30.3 Å². The summed E-state index contributed by atoms with van der Waals surface area (Å²) in [4.78, 5) is 31.6. The summed E-state index contributed by atoms with van der Waals surface area (Å²) in [6.45, 7) is 3.26. The summed E-state index contributed by atoms with van der Waals surface area (Å²) in [6, 6.07) is 11.4. The monoisotopic (exact) mass is 391 g/mol. The molecule has 3 heterocycles. The van der Waals surface area contributed by atoms with E-state index in [2.05, 4.69) is 5.10 Å². The number of rotatable bonds is 5. The van der Waals surface area contributed by atoms with Crippen molar-refractivity contribution < 1.29 is 9.59 Å². The molecule has 1 aliphatic rings. The number of carbonyl (C=O) groups is 2. The minimum atomic E-state index is -0.478. The van der Waals surface area contributed by atoms with Gasteiger partial charge in [-0.05, 0) is 38.0 Å². The Bertz CT molecular complexity index is 1030. The van der Waals surface area contributed by atoms with Crippen LogP contribution in [0.2, 0.25) is 0 Å². The number of nitrogens with zero attached hydrogens (tertiary/aromatic N) is 4. The summed E-state index contributed by atoms with van der Waals surface area (Å²) in [7, 11) is 0. The van der Waals surface area contributed by atoms with Gasteiger partial charge < -0.3 is 10.6 Å². The molecule has 150 valence electrons. The Balaban J connectivity index is 1.56. The summed E-state index contributed by atoms with van der Waals surface area (Å²) in [5.41, 5.74) is 7.65. The molecule has 0 saturated carbocycles. The molecule has 0 aliphatic carbocycles. The van der Waals surface area contributed by atoms with Gasteiger partial charge in [0.05, 0.1) is 22.8 Å². The number of hydrogen-bond donors (Lipinski definition) is 1.